The molecule has 5 heteroatoms. The number of nitrogens with one attached hydrogen (secondary N) is 1. The van der Waals surface area contributed by atoms with Gasteiger partial charge in [0.1, 0.15) is 5.01 Å². The Bertz CT molecular complexity index is 581. The molecule has 0 amide bonds. The highest BCUT2D eigenvalue weighted by atomic mass is 32.1. The highest BCUT2D eigenvalue weighted by molar-refractivity contribution is 7.18. The molecule has 2 aliphatic heterocycles. The number of aromatic nitrogens is 1. The van der Waals surface area contributed by atoms with Crippen molar-refractivity contribution in [2.24, 2.45) is 0 Å². The van der Waals surface area contributed by atoms with Crippen LogP contribution in [-0.2, 0) is 0 Å². The molecule has 0 spiro atoms. The monoisotopic (exact) mass is 302 g/mol. The summed E-state index contributed by atoms with van der Waals surface area (Å²) in [5.41, 5.74) is 1.14. The van der Waals surface area contributed by atoms with Crippen LogP contribution < -0.4 is 5.32 Å². The van der Waals surface area contributed by atoms with E-state index in [0.29, 0.717) is 6.04 Å². The minimum Gasteiger partial charge on any atom is -0.314 e. The van der Waals surface area contributed by atoms with Crippen molar-refractivity contribution < 1.29 is 0 Å². The molecule has 2 aromatic rings. The molecular weight excluding hydrogens is 280 g/mol. The minimum absolute atomic E-state index is 0.434. The number of rotatable bonds is 3. The predicted octanol–water partition coefficient (Wildman–Crippen LogP) is 1.95. The van der Waals surface area contributed by atoms with Gasteiger partial charge in [0.25, 0.3) is 0 Å². The van der Waals surface area contributed by atoms with Crippen molar-refractivity contribution in [1.82, 2.24) is 20.1 Å². The van der Waals surface area contributed by atoms with Crippen LogP contribution in [-0.4, -0.2) is 60.1 Å². The fourth-order valence-electron chi connectivity index (χ4n) is 3.25. The van der Waals surface area contributed by atoms with E-state index in [0.717, 1.165) is 24.6 Å². The molecule has 0 aliphatic carbocycles. The van der Waals surface area contributed by atoms with Crippen LogP contribution in [0.5, 0.6) is 0 Å². The zero-order valence-electron chi connectivity index (χ0n) is 12.5. The van der Waals surface area contributed by atoms with Gasteiger partial charge in [0.15, 0.2) is 0 Å². The number of para-hydroxylation sites is 1. The lowest BCUT2D eigenvalue weighted by molar-refractivity contribution is 0.0552. The van der Waals surface area contributed by atoms with Crippen LogP contribution in [0.3, 0.4) is 0 Å². The van der Waals surface area contributed by atoms with Crippen molar-refractivity contribution in [2.75, 3.05) is 39.3 Å². The molecule has 0 radical (unpaired) electrons. The topological polar surface area (TPSA) is 31.4 Å². The first-order chi connectivity index (χ1) is 10.3. The van der Waals surface area contributed by atoms with Gasteiger partial charge in [0.05, 0.1) is 16.3 Å². The Morgan fingerprint density at radius 3 is 2.62 bits per heavy atom. The molecule has 4 rings (SSSR count). The number of hydrogen-bond acceptors (Lipinski definition) is 5. The fraction of sp³-hybridized carbons (Fsp3) is 0.562. The van der Waals surface area contributed by atoms with Gasteiger partial charge in [0, 0.05) is 45.3 Å². The van der Waals surface area contributed by atoms with Crippen molar-refractivity contribution in [1.29, 1.82) is 0 Å². The summed E-state index contributed by atoms with van der Waals surface area (Å²) in [5.74, 6) is 0. The Labute approximate surface area is 129 Å². The van der Waals surface area contributed by atoms with Crippen LogP contribution in [0.4, 0.5) is 0 Å². The molecule has 1 aromatic heterocycles. The van der Waals surface area contributed by atoms with Crippen LogP contribution in [0.1, 0.15) is 18.0 Å². The van der Waals surface area contributed by atoms with Crippen molar-refractivity contribution in [3.05, 3.63) is 29.3 Å². The van der Waals surface area contributed by atoms with Crippen LogP contribution >= 0.6 is 11.3 Å². The van der Waals surface area contributed by atoms with Gasteiger partial charge >= 0.3 is 0 Å². The number of nitrogens with zero attached hydrogens (tertiary/aromatic N) is 3. The van der Waals surface area contributed by atoms with E-state index < -0.39 is 0 Å². The summed E-state index contributed by atoms with van der Waals surface area (Å²) in [6.45, 7) is 9.36. The van der Waals surface area contributed by atoms with Gasteiger partial charge in [-0.15, -0.1) is 11.3 Å². The van der Waals surface area contributed by atoms with E-state index in [1.165, 1.54) is 35.9 Å². The molecule has 21 heavy (non-hydrogen) atoms. The third-order valence-electron chi connectivity index (χ3n) is 4.84. The molecule has 1 aromatic carbocycles. The molecule has 0 saturated carbocycles. The third-order valence-corrected chi connectivity index (χ3v) is 6.05. The molecule has 4 nitrogen and oxygen atoms in total. The van der Waals surface area contributed by atoms with Gasteiger partial charge in [-0.25, -0.2) is 4.98 Å². The molecule has 3 heterocycles. The second-order valence-corrected chi connectivity index (χ2v) is 7.14. The third kappa shape index (κ3) is 2.59. The number of fused-ring (bicyclic) bond motifs is 1. The second-order valence-electron chi connectivity index (χ2n) is 6.08. The van der Waals surface area contributed by atoms with E-state index >= 15 is 0 Å². The fourth-order valence-corrected chi connectivity index (χ4v) is 4.30. The number of hydrogen-bond donors (Lipinski definition) is 1. The molecular formula is C16H22N4S. The highest BCUT2D eigenvalue weighted by Crippen LogP contribution is 2.30. The van der Waals surface area contributed by atoms with Crippen molar-refractivity contribution in [3.63, 3.8) is 0 Å². The molecule has 2 aliphatic rings. The summed E-state index contributed by atoms with van der Waals surface area (Å²) in [6.07, 6.45) is 0. The Morgan fingerprint density at radius 2 is 1.95 bits per heavy atom. The van der Waals surface area contributed by atoms with Crippen molar-refractivity contribution >= 4 is 21.6 Å². The molecule has 2 fully saturated rings. The Hall–Kier alpha value is -1.01. The Balaban J connectivity index is 1.44. The average molecular weight is 302 g/mol. The lowest BCUT2D eigenvalue weighted by Crippen LogP contribution is -2.61. The van der Waals surface area contributed by atoms with Gasteiger partial charge < -0.3 is 5.32 Å². The summed E-state index contributed by atoms with van der Waals surface area (Å²) < 4.78 is 1.30. The summed E-state index contributed by atoms with van der Waals surface area (Å²) in [6, 6.07) is 9.67. The number of benzene rings is 1. The van der Waals surface area contributed by atoms with Gasteiger partial charge in [0.2, 0.25) is 0 Å². The molecule has 112 valence electrons. The molecule has 1 atom stereocenters. The quantitative estimate of drug-likeness (QED) is 0.939. The lowest BCUT2D eigenvalue weighted by Gasteiger charge is -2.44. The zero-order chi connectivity index (χ0) is 14.2. The maximum atomic E-state index is 4.82. The second kappa shape index (κ2) is 5.65. The summed E-state index contributed by atoms with van der Waals surface area (Å²) in [4.78, 5) is 10.0. The summed E-state index contributed by atoms with van der Waals surface area (Å²) in [5, 5.41) is 4.63. The highest BCUT2D eigenvalue weighted by Gasteiger charge is 2.30. The van der Waals surface area contributed by atoms with Gasteiger partial charge in [-0.3, -0.25) is 9.80 Å². The largest absolute Gasteiger partial charge is 0.314 e. The summed E-state index contributed by atoms with van der Waals surface area (Å²) in [7, 11) is 0. The minimum atomic E-state index is 0.434. The van der Waals surface area contributed by atoms with Gasteiger partial charge in [-0.2, -0.15) is 0 Å². The Morgan fingerprint density at radius 1 is 1.19 bits per heavy atom. The maximum absolute atomic E-state index is 4.82. The first kappa shape index (κ1) is 13.6. The smallest absolute Gasteiger partial charge is 0.111 e. The number of thiazole rings is 1. The van der Waals surface area contributed by atoms with E-state index in [4.69, 9.17) is 4.98 Å². The first-order valence-electron chi connectivity index (χ1n) is 7.85. The first-order valence-corrected chi connectivity index (χ1v) is 8.67. The SMILES string of the molecule is CC(c1nc2ccccc2s1)N1CCN(C2CNC2)CC1. The van der Waals surface area contributed by atoms with Gasteiger partial charge in [-0.1, -0.05) is 12.1 Å². The van der Waals surface area contributed by atoms with E-state index in [-0.39, 0.29) is 0 Å². The molecule has 1 unspecified atom stereocenters. The molecule has 2 saturated heterocycles. The number of piperazine rings is 1. The zero-order valence-corrected chi connectivity index (χ0v) is 13.3. The standard InChI is InChI=1S/C16H22N4S/c1-12(16-18-14-4-2-3-5-15(14)21-16)19-6-8-20(9-7-19)13-10-17-11-13/h2-5,12-13,17H,6-11H2,1H3. The lowest BCUT2D eigenvalue weighted by atomic mass is 10.1. The van der Waals surface area contributed by atoms with E-state index in [9.17, 15) is 0 Å². The normalized spacial score (nSPS) is 23.3. The predicted molar refractivity (Wildman–Crippen MR) is 87.8 cm³/mol. The van der Waals surface area contributed by atoms with E-state index in [2.05, 4.69) is 46.3 Å². The van der Waals surface area contributed by atoms with Crippen LogP contribution in [0.15, 0.2) is 24.3 Å². The van der Waals surface area contributed by atoms with Crippen LogP contribution in [0.25, 0.3) is 10.2 Å². The Kier molecular flexibility index (Phi) is 3.67. The molecule has 0 bridgehead atoms. The van der Waals surface area contributed by atoms with Crippen molar-refractivity contribution in [2.45, 2.75) is 19.0 Å². The van der Waals surface area contributed by atoms with Gasteiger partial charge in [-0.05, 0) is 19.1 Å². The summed E-state index contributed by atoms with van der Waals surface area (Å²) >= 11 is 1.85. The molecule has 1 N–H and O–H groups in total. The van der Waals surface area contributed by atoms with Crippen LogP contribution in [0, 0.1) is 0 Å². The van der Waals surface area contributed by atoms with Crippen molar-refractivity contribution in [3.8, 4) is 0 Å². The maximum Gasteiger partial charge on any atom is 0.111 e. The van der Waals surface area contributed by atoms with E-state index in [1.54, 1.807) is 0 Å². The average Bonchev–Trinajstić information content (AvgIpc) is 2.89. The van der Waals surface area contributed by atoms with Crippen LogP contribution in [0.2, 0.25) is 0 Å². The van der Waals surface area contributed by atoms with E-state index in [1.807, 2.05) is 11.3 Å².